The molecule has 0 bridgehead atoms. The second-order valence-electron chi connectivity index (χ2n) is 4.89. The average Bonchev–Trinajstić information content (AvgIpc) is 3.11. The van der Waals surface area contributed by atoms with Crippen LogP contribution >= 0.6 is 0 Å². The summed E-state index contributed by atoms with van der Waals surface area (Å²) in [6, 6.07) is 5.19. The Balaban J connectivity index is 0.00000144. The van der Waals surface area contributed by atoms with Gasteiger partial charge < -0.3 is 23.8 Å². The van der Waals surface area contributed by atoms with Gasteiger partial charge in [0.2, 0.25) is 0 Å². The Kier molecular flexibility index (Phi) is 3.69. The summed E-state index contributed by atoms with van der Waals surface area (Å²) in [5, 5.41) is 11.1. The Morgan fingerprint density at radius 1 is 1.32 bits per heavy atom. The SMILES string of the molecule is O=C([O-])c1cccc2oc(N3CCn4ccnc4C3)nc12.[Li+]. The number of benzene rings is 1. The van der Waals surface area contributed by atoms with Gasteiger partial charge in [0, 0.05) is 31.0 Å². The van der Waals surface area contributed by atoms with Crippen molar-refractivity contribution >= 4 is 23.1 Å². The first-order chi connectivity index (χ1) is 10.2. The first-order valence-corrected chi connectivity index (χ1v) is 6.58. The van der Waals surface area contributed by atoms with E-state index in [0.717, 1.165) is 18.9 Å². The molecule has 0 unspecified atom stereocenters. The van der Waals surface area contributed by atoms with Gasteiger partial charge >= 0.3 is 18.9 Å². The van der Waals surface area contributed by atoms with Crippen LogP contribution in [0.4, 0.5) is 6.01 Å². The van der Waals surface area contributed by atoms with E-state index in [9.17, 15) is 9.90 Å². The quantitative estimate of drug-likeness (QED) is 0.481. The Hall–Kier alpha value is -2.23. The Bertz CT molecular complexity index is 842. The normalized spacial score (nSPS) is 13.7. The molecule has 0 amide bonds. The molecule has 0 aliphatic carbocycles. The molecule has 0 spiro atoms. The van der Waals surface area contributed by atoms with E-state index in [0.29, 0.717) is 23.7 Å². The number of aromatic nitrogens is 3. The van der Waals surface area contributed by atoms with Gasteiger partial charge in [0.05, 0.1) is 12.5 Å². The van der Waals surface area contributed by atoms with E-state index in [-0.39, 0.29) is 24.4 Å². The van der Waals surface area contributed by atoms with Crippen LogP contribution in [0.25, 0.3) is 11.1 Å². The van der Waals surface area contributed by atoms with Crippen molar-refractivity contribution in [3.05, 3.63) is 42.0 Å². The van der Waals surface area contributed by atoms with Crippen LogP contribution in [-0.4, -0.2) is 27.0 Å². The predicted octanol–water partition coefficient (Wildman–Crippen LogP) is -2.59. The van der Waals surface area contributed by atoms with E-state index in [1.807, 2.05) is 11.1 Å². The van der Waals surface area contributed by atoms with Crippen LogP contribution < -0.4 is 28.9 Å². The summed E-state index contributed by atoms with van der Waals surface area (Å²) in [5.74, 6) is -0.321. The van der Waals surface area contributed by atoms with Crippen molar-refractivity contribution in [1.82, 2.24) is 14.5 Å². The van der Waals surface area contributed by atoms with Gasteiger partial charge in [-0.3, -0.25) is 0 Å². The summed E-state index contributed by atoms with van der Waals surface area (Å²) in [4.78, 5) is 21.7. The summed E-state index contributed by atoms with van der Waals surface area (Å²) in [6.07, 6.45) is 3.70. The molecule has 8 heteroatoms. The van der Waals surface area contributed by atoms with Gasteiger partial charge in [0.15, 0.2) is 5.58 Å². The molecule has 106 valence electrons. The molecule has 4 rings (SSSR count). The summed E-state index contributed by atoms with van der Waals surface area (Å²) in [7, 11) is 0. The smallest absolute Gasteiger partial charge is 0.545 e. The summed E-state index contributed by atoms with van der Waals surface area (Å²) >= 11 is 0. The van der Waals surface area contributed by atoms with Crippen molar-refractivity contribution in [1.29, 1.82) is 0 Å². The molecule has 0 atom stereocenters. The monoisotopic (exact) mass is 290 g/mol. The van der Waals surface area contributed by atoms with Gasteiger partial charge in [0.1, 0.15) is 11.3 Å². The minimum absolute atomic E-state index is 0. The molecule has 2 aromatic heterocycles. The van der Waals surface area contributed by atoms with E-state index in [2.05, 4.69) is 14.5 Å². The molecule has 7 nitrogen and oxygen atoms in total. The number of para-hydroxylation sites is 1. The van der Waals surface area contributed by atoms with E-state index >= 15 is 0 Å². The summed E-state index contributed by atoms with van der Waals surface area (Å²) in [5.41, 5.74) is 0.808. The number of aromatic carboxylic acids is 1. The van der Waals surface area contributed by atoms with Crippen LogP contribution in [0.15, 0.2) is 35.0 Å². The minimum Gasteiger partial charge on any atom is -0.545 e. The van der Waals surface area contributed by atoms with E-state index in [1.54, 1.807) is 18.3 Å². The molecule has 1 aliphatic heterocycles. The Morgan fingerprint density at radius 3 is 3.00 bits per heavy atom. The van der Waals surface area contributed by atoms with Gasteiger partial charge in [-0.1, -0.05) is 12.1 Å². The zero-order valence-electron chi connectivity index (χ0n) is 12.0. The van der Waals surface area contributed by atoms with E-state index < -0.39 is 5.97 Å². The molecule has 0 N–H and O–H groups in total. The van der Waals surface area contributed by atoms with E-state index in [1.165, 1.54) is 6.07 Å². The maximum atomic E-state index is 11.1. The average molecular weight is 290 g/mol. The number of nitrogens with zero attached hydrogens (tertiary/aromatic N) is 4. The molecule has 1 aromatic carbocycles. The maximum absolute atomic E-state index is 11.1. The fourth-order valence-electron chi connectivity index (χ4n) is 2.57. The summed E-state index contributed by atoms with van der Waals surface area (Å²) in [6.45, 7) is 2.11. The number of rotatable bonds is 2. The van der Waals surface area contributed by atoms with Gasteiger partial charge in [-0.15, -0.1) is 0 Å². The number of fused-ring (bicyclic) bond motifs is 2. The molecular formula is C14H11LiN4O3. The first kappa shape index (κ1) is 14.7. The van der Waals surface area contributed by atoms with Crippen molar-refractivity contribution in [2.75, 3.05) is 11.4 Å². The number of hydrogen-bond acceptors (Lipinski definition) is 6. The van der Waals surface area contributed by atoms with Gasteiger partial charge in [-0.25, -0.2) is 4.98 Å². The third-order valence-electron chi connectivity index (χ3n) is 3.64. The second-order valence-corrected chi connectivity index (χ2v) is 4.89. The van der Waals surface area contributed by atoms with Gasteiger partial charge in [-0.2, -0.15) is 4.98 Å². The number of imidazole rings is 1. The van der Waals surface area contributed by atoms with E-state index in [4.69, 9.17) is 4.42 Å². The fourth-order valence-corrected chi connectivity index (χ4v) is 2.57. The Morgan fingerprint density at radius 2 is 2.18 bits per heavy atom. The van der Waals surface area contributed by atoms with Crippen molar-refractivity contribution < 1.29 is 33.2 Å². The van der Waals surface area contributed by atoms with Crippen LogP contribution in [0.5, 0.6) is 0 Å². The maximum Gasteiger partial charge on any atom is 1.00 e. The number of carboxylic acid groups (broad SMARTS) is 1. The minimum atomic E-state index is -1.25. The predicted molar refractivity (Wildman–Crippen MR) is 71.6 cm³/mol. The zero-order chi connectivity index (χ0) is 14.4. The molecule has 0 fully saturated rings. The Labute approximate surface area is 137 Å². The number of carbonyl (C=O) groups is 1. The van der Waals surface area contributed by atoms with Crippen molar-refractivity contribution in [3.8, 4) is 0 Å². The van der Waals surface area contributed by atoms with Crippen molar-refractivity contribution in [2.45, 2.75) is 13.1 Å². The number of anilines is 1. The molecule has 3 aromatic rings. The zero-order valence-corrected chi connectivity index (χ0v) is 12.0. The third-order valence-corrected chi connectivity index (χ3v) is 3.64. The van der Waals surface area contributed by atoms with Crippen LogP contribution in [0, 0.1) is 0 Å². The second kappa shape index (κ2) is 5.52. The van der Waals surface area contributed by atoms with Crippen LogP contribution in [0.2, 0.25) is 0 Å². The molecule has 1 aliphatic rings. The molecule has 22 heavy (non-hydrogen) atoms. The molecule has 0 saturated heterocycles. The largest absolute Gasteiger partial charge is 1.00 e. The number of oxazole rings is 1. The van der Waals surface area contributed by atoms with Crippen LogP contribution in [0.3, 0.4) is 0 Å². The van der Waals surface area contributed by atoms with Gasteiger partial charge in [0.25, 0.3) is 6.01 Å². The topological polar surface area (TPSA) is 87.2 Å². The molecule has 3 heterocycles. The number of carbonyl (C=O) groups excluding carboxylic acids is 1. The first-order valence-electron chi connectivity index (χ1n) is 6.58. The van der Waals surface area contributed by atoms with Crippen LogP contribution in [-0.2, 0) is 13.1 Å². The molecular weight excluding hydrogens is 279 g/mol. The molecule has 0 radical (unpaired) electrons. The van der Waals surface area contributed by atoms with Crippen molar-refractivity contribution in [2.24, 2.45) is 0 Å². The standard InChI is InChI=1S/C14H12N4O3.Li/c19-13(20)9-2-1-3-10-12(9)16-14(21-10)18-7-6-17-5-4-15-11(17)8-18;/h1-5H,6-8H2,(H,19,20);/q;+1/p-1. The number of hydrogen-bond donors (Lipinski definition) is 0. The van der Waals surface area contributed by atoms with Gasteiger partial charge in [-0.05, 0) is 6.07 Å². The summed E-state index contributed by atoms with van der Waals surface area (Å²) < 4.78 is 7.75. The third kappa shape index (κ3) is 2.28. The number of carboxylic acids is 1. The fraction of sp³-hybridized carbons (Fsp3) is 0.214. The van der Waals surface area contributed by atoms with Crippen LogP contribution in [0.1, 0.15) is 16.2 Å². The molecule has 0 saturated carbocycles. The van der Waals surface area contributed by atoms with Crippen molar-refractivity contribution in [3.63, 3.8) is 0 Å².